The highest BCUT2D eigenvalue weighted by atomic mass is 16.5. The van der Waals surface area contributed by atoms with Crippen LogP contribution in [0.2, 0.25) is 0 Å². The largest absolute Gasteiger partial charge is 0.457 e. The summed E-state index contributed by atoms with van der Waals surface area (Å²) in [5, 5.41) is 0. The van der Waals surface area contributed by atoms with Crippen molar-refractivity contribution in [2.24, 2.45) is 0 Å². The van der Waals surface area contributed by atoms with Crippen molar-refractivity contribution >= 4 is 6.47 Å². The first kappa shape index (κ1) is 13.7. The Hall–Kier alpha value is -1.35. The molecule has 0 aliphatic carbocycles. The van der Waals surface area contributed by atoms with Gasteiger partial charge < -0.3 is 9.47 Å². The van der Waals surface area contributed by atoms with Crippen molar-refractivity contribution in [1.82, 2.24) is 0 Å². The highest BCUT2D eigenvalue weighted by Gasteiger charge is 1.93. The molecule has 0 aromatic heterocycles. The lowest BCUT2D eigenvalue weighted by Gasteiger charge is -2.04. The van der Waals surface area contributed by atoms with E-state index in [1.807, 2.05) is 18.2 Å². The van der Waals surface area contributed by atoms with Gasteiger partial charge in [0.05, 0.1) is 13.2 Å². The van der Waals surface area contributed by atoms with Gasteiger partial charge in [-0.05, 0) is 31.2 Å². The van der Waals surface area contributed by atoms with E-state index in [2.05, 4.69) is 16.9 Å². The van der Waals surface area contributed by atoms with Crippen LogP contribution in [0.3, 0.4) is 0 Å². The van der Waals surface area contributed by atoms with Gasteiger partial charge in [-0.2, -0.15) is 0 Å². The Morgan fingerprint density at radius 1 is 0.941 bits per heavy atom. The van der Waals surface area contributed by atoms with E-state index < -0.39 is 0 Å². The molecule has 0 aliphatic heterocycles. The Morgan fingerprint density at radius 3 is 2.47 bits per heavy atom. The van der Waals surface area contributed by atoms with Crippen molar-refractivity contribution in [2.45, 2.75) is 25.7 Å². The average molecular weight is 235 g/mol. The lowest BCUT2D eigenvalue weighted by atomic mass is 10.2. The Labute approximate surface area is 103 Å². The van der Waals surface area contributed by atoms with E-state index in [4.69, 9.17) is 4.74 Å². The van der Waals surface area contributed by atoms with Gasteiger partial charge in [0.2, 0.25) is 0 Å². The summed E-state index contributed by atoms with van der Waals surface area (Å²) in [5.41, 5.74) is 1.31. The summed E-state index contributed by atoms with van der Waals surface area (Å²) in [6.45, 7) is 3.42. The molecule has 0 saturated heterocycles. The average Bonchev–Trinajstić information content (AvgIpc) is 2.38. The van der Waals surface area contributed by atoms with Gasteiger partial charge in [0.1, 0.15) is 0 Å². The molecule has 0 unspecified atom stereocenters. The molecule has 3 heteroatoms. The SMILES string of the molecule is O=[C]OCCCCCOCCc1ccccc1. The normalized spacial score (nSPS) is 10.1. The molecule has 0 N–H and O–H groups in total. The molecule has 1 rings (SSSR count). The predicted octanol–water partition coefficient (Wildman–Crippen LogP) is 2.50. The molecule has 1 aromatic rings. The van der Waals surface area contributed by atoms with Crippen LogP contribution in [0.5, 0.6) is 0 Å². The number of hydrogen-bond donors (Lipinski definition) is 0. The van der Waals surface area contributed by atoms with Crippen LogP contribution in [0.25, 0.3) is 0 Å². The third-order valence-electron chi connectivity index (χ3n) is 2.47. The minimum Gasteiger partial charge on any atom is -0.457 e. The van der Waals surface area contributed by atoms with E-state index >= 15 is 0 Å². The summed E-state index contributed by atoms with van der Waals surface area (Å²) >= 11 is 0. The summed E-state index contributed by atoms with van der Waals surface area (Å²) in [6.07, 6.45) is 3.88. The zero-order chi connectivity index (χ0) is 12.2. The van der Waals surface area contributed by atoms with Gasteiger partial charge in [-0.25, -0.2) is 4.79 Å². The van der Waals surface area contributed by atoms with Crippen molar-refractivity contribution in [3.8, 4) is 0 Å². The van der Waals surface area contributed by atoms with Gasteiger partial charge in [0, 0.05) is 6.61 Å². The van der Waals surface area contributed by atoms with Crippen molar-refractivity contribution in [3.05, 3.63) is 35.9 Å². The van der Waals surface area contributed by atoms with E-state index in [1.165, 1.54) is 12.0 Å². The maximum absolute atomic E-state index is 9.74. The third-order valence-corrected chi connectivity index (χ3v) is 2.47. The second-order valence-electron chi connectivity index (χ2n) is 3.84. The molecule has 0 amide bonds. The minimum atomic E-state index is 0.466. The quantitative estimate of drug-likeness (QED) is 0.584. The highest BCUT2D eigenvalue weighted by Crippen LogP contribution is 2.01. The zero-order valence-electron chi connectivity index (χ0n) is 10.1. The summed E-state index contributed by atoms with van der Waals surface area (Å²) in [6, 6.07) is 10.3. The molecule has 1 aromatic carbocycles. The Morgan fingerprint density at radius 2 is 1.71 bits per heavy atom. The molecule has 0 saturated carbocycles. The van der Waals surface area contributed by atoms with Gasteiger partial charge in [-0.15, -0.1) is 0 Å². The van der Waals surface area contributed by atoms with Crippen molar-refractivity contribution in [1.29, 1.82) is 0 Å². The maximum Gasteiger partial charge on any atom is 0.417 e. The molecule has 0 spiro atoms. The van der Waals surface area contributed by atoms with Crippen LogP contribution in [0.15, 0.2) is 30.3 Å². The molecular formula is C14H19O3. The maximum atomic E-state index is 9.74. The molecule has 0 aliphatic rings. The smallest absolute Gasteiger partial charge is 0.417 e. The highest BCUT2D eigenvalue weighted by molar-refractivity contribution is 5.37. The molecule has 0 heterocycles. The van der Waals surface area contributed by atoms with Gasteiger partial charge in [-0.1, -0.05) is 30.3 Å². The first-order valence-electron chi connectivity index (χ1n) is 6.04. The van der Waals surface area contributed by atoms with E-state index in [0.717, 1.165) is 38.9 Å². The number of unbranched alkanes of at least 4 members (excludes halogenated alkanes) is 2. The molecular weight excluding hydrogens is 216 g/mol. The fourth-order valence-electron chi connectivity index (χ4n) is 1.53. The number of ether oxygens (including phenoxy) is 2. The molecule has 1 radical (unpaired) electrons. The zero-order valence-corrected chi connectivity index (χ0v) is 10.1. The molecule has 0 atom stereocenters. The summed E-state index contributed by atoms with van der Waals surface area (Å²) in [5.74, 6) is 0. The number of rotatable bonds is 10. The second kappa shape index (κ2) is 9.85. The van der Waals surface area contributed by atoms with E-state index in [0.29, 0.717) is 6.61 Å². The number of hydrogen-bond acceptors (Lipinski definition) is 3. The first-order chi connectivity index (χ1) is 8.43. The summed E-state index contributed by atoms with van der Waals surface area (Å²) in [4.78, 5) is 9.74. The second-order valence-corrected chi connectivity index (χ2v) is 3.84. The minimum absolute atomic E-state index is 0.466. The van der Waals surface area contributed by atoms with Crippen LogP contribution in [0.1, 0.15) is 24.8 Å². The van der Waals surface area contributed by atoms with E-state index in [9.17, 15) is 4.79 Å². The van der Waals surface area contributed by atoms with E-state index in [-0.39, 0.29) is 0 Å². The van der Waals surface area contributed by atoms with Crippen molar-refractivity contribution in [3.63, 3.8) is 0 Å². The Bertz CT molecular complexity index is 285. The van der Waals surface area contributed by atoms with E-state index in [1.54, 1.807) is 0 Å². The van der Waals surface area contributed by atoms with Crippen molar-refractivity contribution < 1.29 is 14.3 Å². The lowest BCUT2D eigenvalue weighted by Crippen LogP contribution is -2.01. The molecule has 93 valence electrons. The van der Waals surface area contributed by atoms with Gasteiger partial charge in [0.25, 0.3) is 0 Å². The van der Waals surface area contributed by atoms with Crippen LogP contribution in [-0.4, -0.2) is 26.3 Å². The van der Waals surface area contributed by atoms with Crippen molar-refractivity contribution in [2.75, 3.05) is 19.8 Å². The molecule has 17 heavy (non-hydrogen) atoms. The monoisotopic (exact) mass is 235 g/mol. The molecule has 3 nitrogen and oxygen atoms in total. The van der Waals surface area contributed by atoms with Gasteiger partial charge >= 0.3 is 6.47 Å². The molecule has 0 bridgehead atoms. The lowest BCUT2D eigenvalue weighted by molar-refractivity contribution is 0.131. The Kier molecular flexibility index (Phi) is 7.94. The summed E-state index contributed by atoms with van der Waals surface area (Å²) < 4.78 is 10.00. The third kappa shape index (κ3) is 7.53. The Balaban J connectivity index is 1.86. The van der Waals surface area contributed by atoms with Crippen LogP contribution in [0, 0.1) is 0 Å². The molecule has 0 fully saturated rings. The van der Waals surface area contributed by atoms with Crippen LogP contribution >= 0.6 is 0 Å². The number of carbonyl (C=O) groups excluding carboxylic acids is 1. The van der Waals surface area contributed by atoms with Crippen LogP contribution < -0.4 is 0 Å². The topological polar surface area (TPSA) is 35.5 Å². The standard InChI is InChI=1S/C14H19O3/c15-13-17-11-6-2-5-10-16-12-9-14-7-3-1-4-8-14/h1,3-4,7-8H,2,5-6,9-12H2. The van der Waals surface area contributed by atoms with Gasteiger partial charge in [-0.3, -0.25) is 0 Å². The number of benzene rings is 1. The fourth-order valence-corrected chi connectivity index (χ4v) is 1.53. The van der Waals surface area contributed by atoms with Gasteiger partial charge in [0.15, 0.2) is 0 Å². The fraction of sp³-hybridized carbons (Fsp3) is 0.500. The predicted molar refractivity (Wildman–Crippen MR) is 66.5 cm³/mol. The summed E-state index contributed by atoms with van der Waals surface area (Å²) in [7, 11) is 0. The first-order valence-corrected chi connectivity index (χ1v) is 6.04. The van der Waals surface area contributed by atoms with Crippen LogP contribution in [-0.2, 0) is 20.7 Å². The van der Waals surface area contributed by atoms with Crippen LogP contribution in [0.4, 0.5) is 0 Å².